The molecule has 19 heavy (non-hydrogen) atoms. The Morgan fingerprint density at radius 2 is 2.37 bits per heavy atom. The Morgan fingerprint density at radius 3 is 3.05 bits per heavy atom. The van der Waals surface area contributed by atoms with E-state index in [0.29, 0.717) is 11.9 Å². The van der Waals surface area contributed by atoms with Crippen molar-refractivity contribution in [3.63, 3.8) is 0 Å². The van der Waals surface area contributed by atoms with Gasteiger partial charge >= 0.3 is 0 Å². The SMILES string of the molecule is CCCN(CC1CCCCN1)c1nc[nH]c(=O)c1Cl. The maximum Gasteiger partial charge on any atom is 0.271 e. The molecular weight excluding hydrogens is 264 g/mol. The quantitative estimate of drug-likeness (QED) is 0.865. The lowest BCUT2D eigenvalue weighted by atomic mass is 10.0. The first-order valence-corrected chi connectivity index (χ1v) is 7.31. The van der Waals surface area contributed by atoms with E-state index in [1.165, 1.54) is 25.6 Å². The second kappa shape index (κ2) is 6.91. The molecule has 1 aliphatic rings. The van der Waals surface area contributed by atoms with Gasteiger partial charge in [-0.2, -0.15) is 0 Å². The van der Waals surface area contributed by atoms with E-state index < -0.39 is 0 Å². The van der Waals surface area contributed by atoms with Crippen LogP contribution in [-0.2, 0) is 0 Å². The minimum atomic E-state index is -0.274. The fourth-order valence-electron chi connectivity index (χ4n) is 2.49. The topological polar surface area (TPSA) is 61.0 Å². The van der Waals surface area contributed by atoms with Gasteiger partial charge in [-0.15, -0.1) is 0 Å². The van der Waals surface area contributed by atoms with Gasteiger partial charge in [-0.25, -0.2) is 4.98 Å². The van der Waals surface area contributed by atoms with Crippen LogP contribution < -0.4 is 15.8 Å². The molecule has 5 nitrogen and oxygen atoms in total. The Labute approximate surface area is 118 Å². The van der Waals surface area contributed by atoms with Crippen molar-refractivity contribution in [2.24, 2.45) is 0 Å². The molecule has 0 saturated carbocycles. The second-order valence-electron chi connectivity index (χ2n) is 4.96. The van der Waals surface area contributed by atoms with Crippen LogP contribution in [0.25, 0.3) is 0 Å². The molecule has 0 bridgehead atoms. The highest BCUT2D eigenvalue weighted by Gasteiger charge is 2.19. The third-order valence-corrected chi connectivity index (χ3v) is 3.77. The molecule has 0 aliphatic carbocycles. The van der Waals surface area contributed by atoms with E-state index in [2.05, 4.69) is 27.1 Å². The fourth-order valence-corrected chi connectivity index (χ4v) is 2.72. The number of nitrogens with zero attached hydrogens (tertiary/aromatic N) is 2. The number of nitrogens with one attached hydrogen (secondary N) is 2. The minimum absolute atomic E-state index is 0.187. The van der Waals surface area contributed by atoms with Gasteiger partial charge in [-0.05, 0) is 25.8 Å². The number of H-pyrrole nitrogens is 1. The Kier molecular flexibility index (Phi) is 5.22. The van der Waals surface area contributed by atoms with Crippen molar-refractivity contribution >= 4 is 17.4 Å². The monoisotopic (exact) mass is 284 g/mol. The third-order valence-electron chi connectivity index (χ3n) is 3.42. The molecule has 106 valence electrons. The molecule has 1 unspecified atom stereocenters. The second-order valence-corrected chi connectivity index (χ2v) is 5.34. The molecule has 1 aromatic rings. The van der Waals surface area contributed by atoms with Crippen molar-refractivity contribution in [3.05, 3.63) is 21.7 Å². The molecule has 0 aromatic carbocycles. The summed E-state index contributed by atoms with van der Waals surface area (Å²) in [5, 5.41) is 3.70. The first-order valence-electron chi connectivity index (χ1n) is 6.94. The van der Waals surface area contributed by atoms with Crippen LogP contribution in [0, 0.1) is 0 Å². The summed E-state index contributed by atoms with van der Waals surface area (Å²) in [7, 11) is 0. The first kappa shape index (κ1) is 14.3. The number of piperidine rings is 1. The molecule has 1 fully saturated rings. The van der Waals surface area contributed by atoms with Crippen molar-refractivity contribution in [1.82, 2.24) is 15.3 Å². The van der Waals surface area contributed by atoms with Gasteiger partial charge < -0.3 is 15.2 Å². The number of rotatable bonds is 5. The lowest BCUT2D eigenvalue weighted by Crippen LogP contribution is -2.44. The van der Waals surface area contributed by atoms with E-state index in [-0.39, 0.29) is 10.6 Å². The zero-order valence-corrected chi connectivity index (χ0v) is 12.0. The molecule has 6 heteroatoms. The van der Waals surface area contributed by atoms with Gasteiger partial charge in [0.1, 0.15) is 5.02 Å². The molecule has 0 spiro atoms. The maximum atomic E-state index is 11.6. The standard InChI is InChI=1S/C13H21ClN4O/c1-2-7-18(8-10-5-3-4-6-15-10)12-11(14)13(19)17-9-16-12/h9-10,15H,2-8H2,1H3,(H,16,17,19). The van der Waals surface area contributed by atoms with Crippen molar-refractivity contribution in [2.75, 3.05) is 24.5 Å². The van der Waals surface area contributed by atoms with Crippen molar-refractivity contribution in [1.29, 1.82) is 0 Å². The Morgan fingerprint density at radius 1 is 1.53 bits per heavy atom. The maximum absolute atomic E-state index is 11.6. The predicted octanol–water partition coefficient (Wildman–Crippen LogP) is 1.78. The zero-order chi connectivity index (χ0) is 13.7. The number of anilines is 1. The molecule has 1 atom stereocenters. The fraction of sp³-hybridized carbons (Fsp3) is 0.692. The van der Waals surface area contributed by atoms with Crippen LogP contribution in [0.1, 0.15) is 32.6 Å². The Hall–Kier alpha value is -1.07. The summed E-state index contributed by atoms with van der Waals surface area (Å²) in [6.07, 6.45) is 6.08. The summed E-state index contributed by atoms with van der Waals surface area (Å²) in [4.78, 5) is 20.4. The summed E-state index contributed by atoms with van der Waals surface area (Å²) in [6.45, 7) is 4.89. The van der Waals surface area contributed by atoms with E-state index in [1.807, 2.05) is 0 Å². The number of hydrogen-bond donors (Lipinski definition) is 2. The molecule has 2 rings (SSSR count). The average Bonchev–Trinajstić information content (AvgIpc) is 2.43. The van der Waals surface area contributed by atoms with Crippen LogP contribution >= 0.6 is 11.6 Å². The van der Waals surface area contributed by atoms with Crippen molar-refractivity contribution in [3.8, 4) is 0 Å². The van der Waals surface area contributed by atoms with Crippen LogP contribution in [0.5, 0.6) is 0 Å². The lowest BCUT2D eigenvalue weighted by molar-refractivity contribution is 0.398. The summed E-state index contributed by atoms with van der Waals surface area (Å²) in [5.41, 5.74) is -0.274. The van der Waals surface area contributed by atoms with Crippen LogP contribution in [0.15, 0.2) is 11.1 Å². The van der Waals surface area contributed by atoms with Crippen LogP contribution in [-0.4, -0.2) is 35.6 Å². The highest BCUT2D eigenvalue weighted by molar-refractivity contribution is 6.32. The van der Waals surface area contributed by atoms with E-state index in [0.717, 1.165) is 26.1 Å². The van der Waals surface area contributed by atoms with Crippen molar-refractivity contribution in [2.45, 2.75) is 38.6 Å². The molecule has 2 N–H and O–H groups in total. The van der Waals surface area contributed by atoms with E-state index in [1.54, 1.807) is 0 Å². The van der Waals surface area contributed by atoms with Gasteiger partial charge in [0, 0.05) is 19.1 Å². The summed E-state index contributed by atoms with van der Waals surface area (Å²) >= 11 is 6.07. The summed E-state index contributed by atoms with van der Waals surface area (Å²) in [6, 6.07) is 0.456. The molecule has 1 aliphatic heterocycles. The smallest absolute Gasteiger partial charge is 0.271 e. The normalized spacial score (nSPS) is 19.4. The minimum Gasteiger partial charge on any atom is -0.354 e. The van der Waals surface area contributed by atoms with Gasteiger partial charge in [0.25, 0.3) is 5.56 Å². The Balaban J connectivity index is 2.14. The molecule has 2 heterocycles. The largest absolute Gasteiger partial charge is 0.354 e. The van der Waals surface area contributed by atoms with Gasteiger partial charge in [-0.3, -0.25) is 4.79 Å². The van der Waals surface area contributed by atoms with Gasteiger partial charge in [-0.1, -0.05) is 24.9 Å². The highest BCUT2D eigenvalue weighted by Crippen LogP contribution is 2.20. The predicted molar refractivity (Wildman–Crippen MR) is 78.0 cm³/mol. The molecule has 0 amide bonds. The zero-order valence-electron chi connectivity index (χ0n) is 11.3. The number of hydrogen-bond acceptors (Lipinski definition) is 4. The first-order chi connectivity index (χ1) is 9.22. The molecular formula is C13H21ClN4O. The summed E-state index contributed by atoms with van der Waals surface area (Å²) < 4.78 is 0. The molecule has 1 saturated heterocycles. The van der Waals surface area contributed by atoms with Gasteiger partial charge in [0.15, 0.2) is 5.82 Å². The van der Waals surface area contributed by atoms with Gasteiger partial charge in [0.05, 0.1) is 6.33 Å². The van der Waals surface area contributed by atoms with Gasteiger partial charge in [0.2, 0.25) is 0 Å². The van der Waals surface area contributed by atoms with Crippen LogP contribution in [0.2, 0.25) is 5.02 Å². The number of aromatic nitrogens is 2. The molecule has 1 aromatic heterocycles. The Bertz CT molecular complexity index is 456. The average molecular weight is 285 g/mol. The van der Waals surface area contributed by atoms with Crippen LogP contribution in [0.3, 0.4) is 0 Å². The number of aromatic amines is 1. The van der Waals surface area contributed by atoms with E-state index in [4.69, 9.17) is 11.6 Å². The number of halogens is 1. The lowest BCUT2D eigenvalue weighted by Gasteiger charge is -2.31. The van der Waals surface area contributed by atoms with E-state index in [9.17, 15) is 4.79 Å². The summed E-state index contributed by atoms with van der Waals surface area (Å²) in [5.74, 6) is 0.597. The van der Waals surface area contributed by atoms with E-state index >= 15 is 0 Å². The third kappa shape index (κ3) is 3.70. The van der Waals surface area contributed by atoms with Crippen LogP contribution in [0.4, 0.5) is 5.82 Å². The molecule has 0 radical (unpaired) electrons. The van der Waals surface area contributed by atoms with Crippen molar-refractivity contribution < 1.29 is 0 Å². The highest BCUT2D eigenvalue weighted by atomic mass is 35.5.